The third kappa shape index (κ3) is 2.65. The summed E-state index contributed by atoms with van der Waals surface area (Å²) in [7, 11) is 0. The summed E-state index contributed by atoms with van der Waals surface area (Å²) in [6.45, 7) is 2.49. The molecule has 1 aliphatic carbocycles. The van der Waals surface area contributed by atoms with Gasteiger partial charge in [0.1, 0.15) is 6.61 Å². The molecule has 5 heteroatoms. The number of rotatable bonds is 5. The zero-order valence-corrected chi connectivity index (χ0v) is 9.41. The fourth-order valence-electron chi connectivity index (χ4n) is 1.93. The van der Waals surface area contributed by atoms with Crippen molar-refractivity contribution in [2.45, 2.75) is 25.7 Å². The van der Waals surface area contributed by atoms with Gasteiger partial charge < -0.3 is 15.0 Å². The number of nitrogens with one attached hydrogen (secondary N) is 1. The van der Waals surface area contributed by atoms with Gasteiger partial charge in [0.15, 0.2) is 0 Å². The van der Waals surface area contributed by atoms with Crippen molar-refractivity contribution < 1.29 is 14.3 Å². The average Bonchev–Trinajstić information content (AvgIpc) is 2.56. The Morgan fingerprint density at radius 1 is 1.50 bits per heavy atom. The normalized spacial score (nSPS) is 20.5. The predicted molar refractivity (Wildman–Crippen MR) is 57.9 cm³/mol. The maximum absolute atomic E-state index is 11.5. The Balaban J connectivity index is 1.54. The lowest BCUT2D eigenvalue weighted by atomic mass is 9.85. The van der Waals surface area contributed by atoms with Gasteiger partial charge in [-0.15, -0.1) is 0 Å². The monoisotopic (exact) mass is 226 g/mol. The smallest absolute Gasteiger partial charge is 0.409 e. The molecule has 0 aromatic rings. The Kier molecular flexibility index (Phi) is 3.64. The summed E-state index contributed by atoms with van der Waals surface area (Å²) >= 11 is 0. The Bertz CT molecular complexity index is 276. The average molecular weight is 226 g/mol. The van der Waals surface area contributed by atoms with Crippen LogP contribution in [0, 0.1) is 5.92 Å². The third-order valence-electron chi connectivity index (χ3n) is 3.22. The minimum absolute atomic E-state index is 0.176. The molecule has 1 N–H and O–H groups in total. The predicted octanol–water partition coefficient (Wildman–Crippen LogP) is 0.745. The SMILES string of the molecule is O=C(NCCCN1CCOC1=O)C1CCC1. The number of amides is 2. The summed E-state index contributed by atoms with van der Waals surface area (Å²) in [6.07, 6.45) is 3.81. The van der Waals surface area contributed by atoms with E-state index in [1.165, 1.54) is 6.42 Å². The van der Waals surface area contributed by atoms with Crippen molar-refractivity contribution in [2.24, 2.45) is 5.92 Å². The summed E-state index contributed by atoms with van der Waals surface area (Å²) in [6, 6.07) is 0. The van der Waals surface area contributed by atoms with Crippen LogP contribution in [-0.2, 0) is 9.53 Å². The van der Waals surface area contributed by atoms with Crippen LogP contribution in [0.5, 0.6) is 0 Å². The van der Waals surface area contributed by atoms with Gasteiger partial charge in [0, 0.05) is 19.0 Å². The van der Waals surface area contributed by atoms with Crippen molar-refractivity contribution >= 4 is 12.0 Å². The van der Waals surface area contributed by atoms with E-state index < -0.39 is 0 Å². The molecule has 90 valence electrons. The van der Waals surface area contributed by atoms with Crippen molar-refractivity contribution in [3.8, 4) is 0 Å². The van der Waals surface area contributed by atoms with Crippen LogP contribution in [0.3, 0.4) is 0 Å². The minimum Gasteiger partial charge on any atom is -0.448 e. The molecule has 2 amide bonds. The van der Waals surface area contributed by atoms with E-state index in [0.717, 1.165) is 19.3 Å². The zero-order chi connectivity index (χ0) is 11.4. The summed E-state index contributed by atoms with van der Waals surface area (Å²) < 4.78 is 4.81. The van der Waals surface area contributed by atoms with Crippen LogP contribution in [0.2, 0.25) is 0 Å². The Morgan fingerprint density at radius 2 is 2.31 bits per heavy atom. The van der Waals surface area contributed by atoms with E-state index in [1.54, 1.807) is 4.90 Å². The molecule has 1 aliphatic heterocycles. The van der Waals surface area contributed by atoms with Crippen LogP contribution in [0.25, 0.3) is 0 Å². The second-order valence-corrected chi connectivity index (χ2v) is 4.37. The standard InChI is InChI=1S/C11H18N2O3/c14-10(9-3-1-4-9)12-5-2-6-13-7-8-16-11(13)15/h9H,1-8H2,(H,12,14). The molecule has 2 rings (SSSR count). The summed E-state index contributed by atoms with van der Waals surface area (Å²) in [4.78, 5) is 24.2. The molecule has 0 radical (unpaired) electrons. The fraction of sp³-hybridized carbons (Fsp3) is 0.818. The van der Waals surface area contributed by atoms with E-state index in [2.05, 4.69) is 5.32 Å². The van der Waals surface area contributed by atoms with Gasteiger partial charge in [-0.25, -0.2) is 4.79 Å². The van der Waals surface area contributed by atoms with Crippen LogP contribution in [0.15, 0.2) is 0 Å². The third-order valence-corrected chi connectivity index (χ3v) is 3.22. The number of hydrogen-bond acceptors (Lipinski definition) is 3. The van der Waals surface area contributed by atoms with Gasteiger partial charge in [-0.05, 0) is 19.3 Å². The number of carbonyl (C=O) groups excluding carboxylic acids is 2. The van der Waals surface area contributed by atoms with E-state index in [4.69, 9.17) is 4.74 Å². The lowest BCUT2D eigenvalue weighted by molar-refractivity contribution is -0.127. The van der Waals surface area contributed by atoms with Gasteiger partial charge >= 0.3 is 6.09 Å². The highest BCUT2D eigenvalue weighted by Crippen LogP contribution is 2.25. The topological polar surface area (TPSA) is 58.6 Å². The number of ether oxygens (including phenoxy) is 1. The van der Waals surface area contributed by atoms with Crippen LogP contribution < -0.4 is 5.32 Å². The van der Waals surface area contributed by atoms with Crippen LogP contribution in [0.1, 0.15) is 25.7 Å². The lowest BCUT2D eigenvalue weighted by Gasteiger charge is -2.24. The lowest BCUT2D eigenvalue weighted by Crippen LogP contribution is -2.36. The van der Waals surface area contributed by atoms with E-state index >= 15 is 0 Å². The molecule has 5 nitrogen and oxygen atoms in total. The molecule has 0 spiro atoms. The molecule has 16 heavy (non-hydrogen) atoms. The second-order valence-electron chi connectivity index (χ2n) is 4.37. The van der Waals surface area contributed by atoms with Crippen molar-refractivity contribution in [3.63, 3.8) is 0 Å². The molecule has 1 saturated carbocycles. The first-order valence-corrected chi connectivity index (χ1v) is 5.97. The highest BCUT2D eigenvalue weighted by atomic mass is 16.6. The minimum atomic E-state index is -0.231. The fourth-order valence-corrected chi connectivity index (χ4v) is 1.93. The van der Waals surface area contributed by atoms with Crippen molar-refractivity contribution in [2.75, 3.05) is 26.2 Å². The van der Waals surface area contributed by atoms with E-state index in [-0.39, 0.29) is 17.9 Å². The molecule has 0 bridgehead atoms. The molecule has 0 atom stereocenters. The summed E-state index contributed by atoms with van der Waals surface area (Å²) in [5, 5.41) is 2.91. The first-order valence-electron chi connectivity index (χ1n) is 5.97. The number of cyclic esters (lactones) is 1. The van der Waals surface area contributed by atoms with Crippen molar-refractivity contribution in [3.05, 3.63) is 0 Å². The highest BCUT2D eigenvalue weighted by Gasteiger charge is 2.25. The Hall–Kier alpha value is -1.26. The van der Waals surface area contributed by atoms with Crippen molar-refractivity contribution in [1.82, 2.24) is 10.2 Å². The zero-order valence-electron chi connectivity index (χ0n) is 9.41. The summed E-state index contributed by atoms with van der Waals surface area (Å²) in [5.74, 6) is 0.423. The first kappa shape index (κ1) is 11.2. The summed E-state index contributed by atoms with van der Waals surface area (Å²) in [5.41, 5.74) is 0. The molecular weight excluding hydrogens is 208 g/mol. The Labute approximate surface area is 95.1 Å². The molecule has 1 heterocycles. The van der Waals surface area contributed by atoms with Crippen LogP contribution >= 0.6 is 0 Å². The molecular formula is C11H18N2O3. The van der Waals surface area contributed by atoms with E-state index in [9.17, 15) is 9.59 Å². The molecule has 0 aromatic heterocycles. The van der Waals surface area contributed by atoms with E-state index in [0.29, 0.717) is 26.2 Å². The first-order chi connectivity index (χ1) is 7.77. The maximum Gasteiger partial charge on any atom is 0.409 e. The number of hydrogen-bond donors (Lipinski definition) is 1. The molecule has 0 unspecified atom stereocenters. The maximum atomic E-state index is 11.5. The number of carbonyl (C=O) groups is 2. The van der Waals surface area contributed by atoms with Gasteiger partial charge in [-0.1, -0.05) is 6.42 Å². The molecule has 2 aliphatic rings. The van der Waals surface area contributed by atoms with Crippen molar-refractivity contribution in [1.29, 1.82) is 0 Å². The molecule has 0 aromatic carbocycles. The quantitative estimate of drug-likeness (QED) is 0.704. The van der Waals surface area contributed by atoms with E-state index in [1.807, 2.05) is 0 Å². The van der Waals surface area contributed by atoms with Crippen LogP contribution in [-0.4, -0.2) is 43.1 Å². The molecule has 1 saturated heterocycles. The largest absolute Gasteiger partial charge is 0.448 e. The van der Waals surface area contributed by atoms with Gasteiger partial charge in [0.05, 0.1) is 6.54 Å². The van der Waals surface area contributed by atoms with Gasteiger partial charge in [0.2, 0.25) is 5.91 Å². The number of nitrogens with zero attached hydrogens (tertiary/aromatic N) is 1. The Morgan fingerprint density at radius 3 is 2.88 bits per heavy atom. The van der Waals surface area contributed by atoms with Gasteiger partial charge in [0.25, 0.3) is 0 Å². The second kappa shape index (κ2) is 5.18. The molecule has 2 fully saturated rings. The van der Waals surface area contributed by atoms with Gasteiger partial charge in [-0.2, -0.15) is 0 Å². The highest BCUT2D eigenvalue weighted by molar-refractivity contribution is 5.79. The van der Waals surface area contributed by atoms with Gasteiger partial charge in [-0.3, -0.25) is 4.79 Å². The van der Waals surface area contributed by atoms with Crippen LogP contribution in [0.4, 0.5) is 4.79 Å².